The number of aliphatic imine (C=N–C) groups is 1. The van der Waals surface area contributed by atoms with Crippen molar-refractivity contribution in [3.05, 3.63) is 53.1 Å². The number of amides is 1. The summed E-state index contributed by atoms with van der Waals surface area (Å²) in [6.07, 6.45) is 5.19. The summed E-state index contributed by atoms with van der Waals surface area (Å²) >= 11 is 1.62. The highest BCUT2D eigenvalue weighted by Crippen LogP contribution is 2.37. The molecular formula is C21H29N2OPS. The van der Waals surface area contributed by atoms with Gasteiger partial charge in [-0.25, -0.2) is 0 Å². The lowest BCUT2D eigenvalue weighted by Gasteiger charge is -2.34. The number of carbonyl (C=O) groups excluding carboxylic acids is 1. The molecule has 0 aromatic heterocycles. The largest absolute Gasteiger partial charge is 0.305 e. The highest BCUT2D eigenvalue weighted by Gasteiger charge is 2.40. The van der Waals surface area contributed by atoms with Gasteiger partial charge >= 0.3 is 0 Å². The van der Waals surface area contributed by atoms with Crippen molar-refractivity contribution in [3.8, 4) is 0 Å². The summed E-state index contributed by atoms with van der Waals surface area (Å²) in [7, 11) is 2.75. The third-order valence-corrected chi connectivity index (χ3v) is 6.61. The number of amidine groups is 1. The average molecular weight is 389 g/mol. The first-order valence-electron chi connectivity index (χ1n) is 9.02. The Labute approximate surface area is 164 Å². The topological polar surface area (TPSA) is 41.5 Å². The van der Waals surface area contributed by atoms with Gasteiger partial charge in [0.2, 0.25) is 5.91 Å². The standard InChI is InChI=1S/C21H29N2OPS/c1-6-14(3)12-16(7-2)21(5)13-26-20(23-19(21)24)22-15(4)17-10-8-9-11-18(17)25/h7-12,15H,6,13,25H2,1-5H3,(H,22,23,24)/b14-12-,16-7+/t15-,21?/m0/s1. The monoisotopic (exact) mass is 388 g/mol. The fraction of sp³-hybridized carbons (Fsp3) is 0.429. The zero-order valence-corrected chi connectivity index (χ0v) is 18.3. The number of rotatable bonds is 5. The van der Waals surface area contributed by atoms with Crippen molar-refractivity contribution in [2.45, 2.75) is 47.1 Å². The molecule has 0 bridgehead atoms. The van der Waals surface area contributed by atoms with Crippen LogP contribution in [-0.2, 0) is 4.79 Å². The van der Waals surface area contributed by atoms with Gasteiger partial charge in [0, 0.05) is 5.75 Å². The van der Waals surface area contributed by atoms with Crippen LogP contribution in [-0.4, -0.2) is 16.8 Å². The normalized spacial score (nSPS) is 24.5. The van der Waals surface area contributed by atoms with E-state index in [1.54, 1.807) is 11.8 Å². The van der Waals surface area contributed by atoms with Gasteiger partial charge in [0.1, 0.15) is 0 Å². The van der Waals surface area contributed by atoms with Crippen molar-refractivity contribution in [1.82, 2.24) is 5.32 Å². The number of nitrogens with zero attached hydrogens (tertiary/aromatic N) is 1. The molecule has 0 radical (unpaired) electrons. The van der Waals surface area contributed by atoms with Crippen LogP contribution in [0.15, 0.2) is 52.6 Å². The second kappa shape index (κ2) is 9.01. The van der Waals surface area contributed by atoms with E-state index in [9.17, 15) is 4.79 Å². The molecule has 0 aliphatic carbocycles. The van der Waals surface area contributed by atoms with Gasteiger partial charge in [0.15, 0.2) is 5.17 Å². The van der Waals surface area contributed by atoms with Crippen LogP contribution in [0.1, 0.15) is 52.6 Å². The van der Waals surface area contributed by atoms with Crippen molar-refractivity contribution in [1.29, 1.82) is 0 Å². The maximum atomic E-state index is 12.9. The highest BCUT2D eigenvalue weighted by molar-refractivity contribution is 8.14. The summed E-state index contributed by atoms with van der Waals surface area (Å²) in [6, 6.07) is 8.16. The Morgan fingerprint density at radius 3 is 2.73 bits per heavy atom. The van der Waals surface area contributed by atoms with Crippen molar-refractivity contribution in [2.75, 3.05) is 5.75 Å². The van der Waals surface area contributed by atoms with Gasteiger partial charge in [0.05, 0.1) is 11.5 Å². The lowest BCUT2D eigenvalue weighted by Crippen LogP contribution is -2.48. The maximum absolute atomic E-state index is 12.9. The third kappa shape index (κ3) is 4.66. The van der Waals surface area contributed by atoms with E-state index in [4.69, 9.17) is 4.99 Å². The Morgan fingerprint density at radius 1 is 1.46 bits per heavy atom. The Bertz CT molecular complexity index is 769. The Balaban J connectivity index is 2.19. The molecule has 2 rings (SSSR count). The van der Waals surface area contributed by atoms with E-state index < -0.39 is 5.41 Å². The van der Waals surface area contributed by atoms with Crippen molar-refractivity contribution < 1.29 is 4.79 Å². The molecule has 1 aliphatic rings. The first-order valence-corrected chi connectivity index (χ1v) is 10.6. The number of carbonyl (C=O) groups is 1. The molecule has 1 amide bonds. The number of allylic oxidation sites excluding steroid dienone is 3. The Morgan fingerprint density at radius 2 is 2.15 bits per heavy atom. The summed E-state index contributed by atoms with van der Waals surface area (Å²) < 4.78 is 0. The van der Waals surface area contributed by atoms with Gasteiger partial charge in [-0.3, -0.25) is 9.79 Å². The molecule has 5 heteroatoms. The minimum absolute atomic E-state index is 0.000671. The predicted octanol–water partition coefficient (Wildman–Crippen LogP) is 4.78. The number of benzene rings is 1. The molecule has 140 valence electrons. The first-order chi connectivity index (χ1) is 12.3. The van der Waals surface area contributed by atoms with Crippen LogP contribution in [0.2, 0.25) is 0 Å². The van der Waals surface area contributed by atoms with E-state index in [1.165, 1.54) is 5.57 Å². The third-order valence-electron chi connectivity index (χ3n) is 4.88. The zero-order valence-electron chi connectivity index (χ0n) is 16.3. The quantitative estimate of drug-likeness (QED) is 0.583. The SMILES string of the molecule is C/C=C(\C=C(\C)CC)C1(C)CSC(=N[C@@H](C)c2ccccc2P)NC1=O. The zero-order chi connectivity index (χ0) is 19.3. The predicted molar refractivity (Wildman–Crippen MR) is 118 cm³/mol. The minimum atomic E-state index is -0.531. The number of nitrogens with one attached hydrogen (secondary N) is 1. The molecule has 1 N–H and O–H groups in total. The lowest BCUT2D eigenvalue weighted by molar-refractivity contribution is -0.125. The first kappa shape index (κ1) is 20.9. The molecule has 2 unspecified atom stereocenters. The molecule has 1 aromatic carbocycles. The van der Waals surface area contributed by atoms with Crippen LogP contribution in [0.25, 0.3) is 0 Å². The molecule has 26 heavy (non-hydrogen) atoms. The van der Waals surface area contributed by atoms with Crippen LogP contribution in [0.5, 0.6) is 0 Å². The summed E-state index contributed by atoms with van der Waals surface area (Å²) in [5.41, 5.74) is 2.98. The van der Waals surface area contributed by atoms with E-state index in [-0.39, 0.29) is 11.9 Å². The average Bonchev–Trinajstić information content (AvgIpc) is 2.62. The molecule has 3 atom stereocenters. The summed E-state index contributed by atoms with van der Waals surface area (Å²) in [5, 5.41) is 4.88. The minimum Gasteiger partial charge on any atom is -0.305 e. The van der Waals surface area contributed by atoms with E-state index in [1.807, 2.05) is 26.0 Å². The lowest BCUT2D eigenvalue weighted by atomic mass is 9.81. The van der Waals surface area contributed by atoms with Crippen molar-refractivity contribution in [3.63, 3.8) is 0 Å². The van der Waals surface area contributed by atoms with E-state index in [0.717, 1.165) is 22.9 Å². The second-order valence-electron chi connectivity index (χ2n) is 6.90. The van der Waals surface area contributed by atoms with E-state index in [0.29, 0.717) is 10.9 Å². The smallest absolute Gasteiger partial charge is 0.237 e. The fourth-order valence-corrected chi connectivity index (χ4v) is 4.47. The van der Waals surface area contributed by atoms with Crippen molar-refractivity contribution >= 4 is 37.4 Å². The molecule has 1 aromatic rings. The van der Waals surface area contributed by atoms with Gasteiger partial charge in [0.25, 0.3) is 0 Å². The van der Waals surface area contributed by atoms with Crippen LogP contribution in [0.4, 0.5) is 0 Å². The maximum Gasteiger partial charge on any atom is 0.237 e. The summed E-state index contributed by atoms with van der Waals surface area (Å²) in [5.74, 6) is 0.717. The molecule has 0 saturated carbocycles. The second-order valence-corrected chi connectivity index (χ2v) is 8.49. The van der Waals surface area contributed by atoms with Crippen LogP contribution in [0, 0.1) is 5.41 Å². The van der Waals surface area contributed by atoms with E-state index in [2.05, 4.69) is 59.6 Å². The number of thioether (sulfide) groups is 1. The molecule has 1 heterocycles. The van der Waals surface area contributed by atoms with Crippen LogP contribution < -0.4 is 10.6 Å². The summed E-state index contributed by atoms with van der Waals surface area (Å²) in [4.78, 5) is 17.6. The van der Waals surface area contributed by atoms with Gasteiger partial charge in [-0.05, 0) is 50.6 Å². The van der Waals surface area contributed by atoms with Gasteiger partial charge < -0.3 is 5.32 Å². The van der Waals surface area contributed by atoms with Crippen LogP contribution in [0.3, 0.4) is 0 Å². The summed E-state index contributed by atoms with van der Waals surface area (Å²) in [6.45, 7) is 10.3. The van der Waals surface area contributed by atoms with Crippen LogP contribution >= 0.6 is 21.0 Å². The molecule has 1 saturated heterocycles. The molecule has 3 nitrogen and oxygen atoms in total. The molecular weight excluding hydrogens is 359 g/mol. The Kier molecular flexibility index (Phi) is 7.25. The molecule has 1 fully saturated rings. The van der Waals surface area contributed by atoms with Gasteiger partial charge in [-0.15, -0.1) is 9.24 Å². The number of hydrogen-bond acceptors (Lipinski definition) is 3. The molecule has 1 aliphatic heterocycles. The highest BCUT2D eigenvalue weighted by atomic mass is 32.2. The van der Waals surface area contributed by atoms with Crippen molar-refractivity contribution in [2.24, 2.45) is 10.4 Å². The number of hydrogen-bond donors (Lipinski definition) is 1. The molecule has 0 spiro atoms. The van der Waals surface area contributed by atoms with Gasteiger partial charge in [-0.1, -0.05) is 60.7 Å². The Hall–Kier alpha value is -1.38. The van der Waals surface area contributed by atoms with Gasteiger partial charge in [-0.2, -0.15) is 0 Å². The fourth-order valence-electron chi connectivity index (χ4n) is 2.90. The van der Waals surface area contributed by atoms with E-state index >= 15 is 0 Å².